The van der Waals surface area contributed by atoms with Gasteiger partial charge in [0.15, 0.2) is 0 Å². The maximum absolute atomic E-state index is 2.60. The molecule has 0 aromatic rings. The van der Waals surface area contributed by atoms with Gasteiger partial charge in [0, 0.05) is 0 Å². The van der Waals surface area contributed by atoms with Crippen LogP contribution in [0.2, 0.25) is 0 Å². The van der Waals surface area contributed by atoms with Crippen molar-refractivity contribution in [2.45, 2.75) is 51.4 Å². The predicted molar refractivity (Wildman–Crippen MR) is 48.2 cm³/mol. The van der Waals surface area contributed by atoms with Gasteiger partial charge in [0.2, 0.25) is 0 Å². The van der Waals surface area contributed by atoms with E-state index in [1.54, 1.807) is 0 Å². The molecule has 0 aromatic heterocycles. The van der Waals surface area contributed by atoms with Crippen molar-refractivity contribution >= 4 is 0 Å². The van der Waals surface area contributed by atoms with Crippen LogP contribution in [0.25, 0.3) is 0 Å². The molecule has 0 heteroatoms. The zero-order valence-corrected chi connectivity index (χ0v) is 7.39. The van der Waals surface area contributed by atoms with Crippen molar-refractivity contribution in [1.29, 1.82) is 0 Å². The van der Waals surface area contributed by atoms with E-state index in [0.29, 0.717) is 0 Å². The molecule has 2 atom stereocenters. The predicted octanol–water partition coefficient (Wildman–Crippen LogP) is 3.57. The van der Waals surface area contributed by atoms with Crippen LogP contribution >= 0.6 is 0 Å². The number of rotatable bonds is 0. The van der Waals surface area contributed by atoms with E-state index in [-0.39, 0.29) is 0 Å². The third-order valence-electron chi connectivity index (χ3n) is 3.46. The molecular formula is C11H19. The van der Waals surface area contributed by atoms with Gasteiger partial charge < -0.3 is 0 Å². The van der Waals surface area contributed by atoms with E-state index in [0.717, 1.165) is 11.8 Å². The summed E-state index contributed by atoms with van der Waals surface area (Å²) in [5.41, 5.74) is 0. The van der Waals surface area contributed by atoms with E-state index in [4.69, 9.17) is 0 Å². The van der Waals surface area contributed by atoms with E-state index in [2.05, 4.69) is 6.42 Å². The summed E-state index contributed by atoms with van der Waals surface area (Å²) in [6, 6.07) is 0. The van der Waals surface area contributed by atoms with E-state index in [9.17, 15) is 0 Å². The molecule has 0 amide bonds. The van der Waals surface area contributed by atoms with Crippen molar-refractivity contribution in [3.05, 3.63) is 6.42 Å². The van der Waals surface area contributed by atoms with Crippen molar-refractivity contribution in [3.63, 3.8) is 0 Å². The average molecular weight is 151 g/mol. The molecule has 11 heavy (non-hydrogen) atoms. The van der Waals surface area contributed by atoms with Gasteiger partial charge in [-0.05, 0) is 31.1 Å². The molecule has 63 valence electrons. The maximum Gasteiger partial charge on any atom is -0.0355 e. The van der Waals surface area contributed by atoms with Crippen LogP contribution in [0.3, 0.4) is 0 Å². The lowest BCUT2D eigenvalue weighted by atomic mass is 9.87. The molecule has 1 radical (unpaired) electrons. The number of hydrogen-bond acceptors (Lipinski definition) is 0. The van der Waals surface area contributed by atoms with Gasteiger partial charge in [-0.15, -0.1) is 0 Å². The minimum atomic E-state index is 1.00. The van der Waals surface area contributed by atoms with Crippen LogP contribution in [0.1, 0.15) is 51.4 Å². The lowest BCUT2D eigenvalue weighted by Crippen LogP contribution is -2.04. The SMILES string of the molecule is [CH]1CCC2CCCCC1CC2. The molecule has 2 rings (SSSR count). The summed E-state index contributed by atoms with van der Waals surface area (Å²) in [7, 11) is 0. The van der Waals surface area contributed by atoms with Crippen LogP contribution in [0.4, 0.5) is 0 Å². The molecular weight excluding hydrogens is 132 g/mol. The minimum Gasteiger partial charge on any atom is -0.0530 e. The Kier molecular flexibility index (Phi) is 2.50. The monoisotopic (exact) mass is 151 g/mol. The maximum atomic E-state index is 2.60. The van der Waals surface area contributed by atoms with Crippen molar-refractivity contribution in [2.75, 3.05) is 0 Å². The Labute approximate surface area is 70.4 Å². The van der Waals surface area contributed by atoms with Gasteiger partial charge in [0.1, 0.15) is 0 Å². The van der Waals surface area contributed by atoms with Crippen molar-refractivity contribution in [1.82, 2.24) is 0 Å². The molecule has 2 aliphatic rings. The number of fused-ring (bicyclic) bond motifs is 3. The highest BCUT2D eigenvalue weighted by molar-refractivity contribution is 4.84. The lowest BCUT2D eigenvalue weighted by molar-refractivity contribution is 0.355. The van der Waals surface area contributed by atoms with Gasteiger partial charge >= 0.3 is 0 Å². The van der Waals surface area contributed by atoms with Crippen LogP contribution in [-0.2, 0) is 0 Å². The van der Waals surface area contributed by atoms with Crippen LogP contribution in [0.15, 0.2) is 0 Å². The molecule has 2 fully saturated rings. The van der Waals surface area contributed by atoms with E-state index >= 15 is 0 Å². The average Bonchev–Trinajstić information content (AvgIpc) is 2.11. The Bertz CT molecular complexity index is 99.2. The standard InChI is InChI=1S/C11H19/c1-2-5-11-7-3-6-10(4-1)8-9-11/h6,10-11H,1-5,7-9H2. The second kappa shape index (κ2) is 3.60. The number of hydrogen-bond donors (Lipinski definition) is 0. The largest absolute Gasteiger partial charge is 0.0530 e. The smallest absolute Gasteiger partial charge is 0.0355 e. The van der Waals surface area contributed by atoms with Crippen molar-refractivity contribution < 1.29 is 0 Å². The molecule has 0 aliphatic heterocycles. The van der Waals surface area contributed by atoms with Gasteiger partial charge in [-0.2, -0.15) is 0 Å². The summed E-state index contributed by atoms with van der Waals surface area (Å²) in [6.45, 7) is 0. The second-order valence-corrected chi connectivity index (χ2v) is 4.30. The van der Waals surface area contributed by atoms with Crippen LogP contribution in [0.5, 0.6) is 0 Å². The molecule has 2 saturated carbocycles. The van der Waals surface area contributed by atoms with Gasteiger partial charge in [0.05, 0.1) is 0 Å². The quantitative estimate of drug-likeness (QED) is 0.496. The highest BCUT2D eigenvalue weighted by Crippen LogP contribution is 2.35. The summed E-state index contributed by atoms with van der Waals surface area (Å²) in [6.07, 6.45) is 14.6. The fraction of sp³-hybridized carbons (Fsp3) is 0.909. The third kappa shape index (κ3) is 1.98. The van der Waals surface area contributed by atoms with E-state index < -0.39 is 0 Å². The Morgan fingerprint density at radius 3 is 2.73 bits per heavy atom. The fourth-order valence-corrected chi connectivity index (χ4v) is 2.67. The zero-order valence-electron chi connectivity index (χ0n) is 7.39. The van der Waals surface area contributed by atoms with Crippen molar-refractivity contribution in [3.8, 4) is 0 Å². The molecule has 0 spiro atoms. The summed E-state index contributed by atoms with van der Waals surface area (Å²) in [4.78, 5) is 0. The molecule has 2 aliphatic carbocycles. The summed E-state index contributed by atoms with van der Waals surface area (Å²) in [5, 5.41) is 0. The summed E-state index contributed by atoms with van der Waals surface area (Å²) in [5.74, 6) is 2.09. The summed E-state index contributed by atoms with van der Waals surface area (Å²) >= 11 is 0. The Morgan fingerprint density at radius 1 is 0.818 bits per heavy atom. The highest BCUT2D eigenvalue weighted by atomic mass is 14.3. The normalized spacial score (nSPS) is 39.3. The third-order valence-corrected chi connectivity index (χ3v) is 3.46. The first-order valence-corrected chi connectivity index (χ1v) is 5.28. The molecule has 0 heterocycles. The molecule has 2 bridgehead atoms. The van der Waals surface area contributed by atoms with Gasteiger partial charge in [-0.25, -0.2) is 0 Å². The Balaban J connectivity index is 1.97. The Hall–Kier alpha value is 0. The minimum absolute atomic E-state index is 1.00. The first-order valence-electron chi connectivity index (χ1n) is 5.28. The van der Waals surface area contributed by atoms with Crippen molar-refractivity contribution in [2.24, 2.45) is 11.8 Å². The van der Waals surface area contributed by atoms with Gasteiger partial charge in [-0.3, -0.25) is 0 Å². The van der Waals surface area contributed by atoms with Crippen LogP contribution in [-0.4, -0.2) is 0 Å². The second-order valence-electron chi connectivity index (χ2n) is 4.30. The molecule has 0 N–H and O–H groups in total. The molecule has 0 nitrogen and oxygen atoms in total. The molecule has 0 aromatic carbocycles. The molecule has 2 unspecified atom stereocenters. The van der Waals surface area contributed by atoms with Gasteiger partial charge in [-0.1, -0.05) is 38.5 Å². The lowest BCUT2D eigenvalue weighted by Gasteiger charge is -2.18. The van der Waals surface area contributed by atoms with Crippen LogP contribution < -0.4 is 0 Å². The Morgan fingerprint density at radius 2 is 1.73 bits per heavy atom. The van der Waals surface area contributed by atoms with E-state index in [1.807, 2.05) is 0 Å². The summed E-state index contributed by atoms with van der Waals surface area (Å²) < 4.78 is 0. The van der Waals surface area contributed by atoms with Crippen LogP contribution in [0, 0.1) is 18.3 Å². The molecule has 0 saturated heterocycles. The van der Waals surface area contributed by atoms with E-state index in [1.165, 1.54) is 51.4 Å². The highest BCUT2D eigenvalue weighted by Gasteiger charge is 2.20. The van der Waals surface area contributed by atoms with Gasteiger partial charge in [0.25, 0.3) is 0 Å². The fourth-order valence-electron chi connectivity index (χ4n) is 2.67. The first kappa shape index (κ1) is 7.64. The first-order chi connectivity index (χ1) is 5.45. The zero-order chi connectivity index (χ0) is 7.52. The topological polar surface area (TPSA) is 0 Å².